The van der Waals surface area contributed by atoms with E-state index in [-0.39, 0.29) is 16.9 Å². The Hall–Kier alpha value is -3.31. The molecule has 6 heteroatoms. The van der Waals surface area contributed by atoms with Crippen LogP contribution < -0.4 is 10.3 Å². The average molecular weight is 448 g/mol. The summed E-state index contributed by atoms with van der Waals surface area (Å²) >= 11 is 6.56. The second kappa shape index (κ2) is 8.32. The number of hydrogen-bond donors (Lipinski definition) is 2. The van der Waals surface area contributed by atoms with E-state index in [2.05, 4.69) is 49.2 Å². The summed E-state index contributed by atoms with van der Waals surface area (Å²) in [6.07, 6.45) is 3.78. The summed E-state index contributed by atoms with van der Waals surface area (Å²) in [5.74, 6) is -0.584. The Labute approximate surface area is 193 Å². The Morgan fingerprint density at radius 1 is 1.19 bits per heavy atom. The number of hydrogen-bond acceptors (Lipinski definition) is 4. The predicted octanol–water partition coefficient (Wildman–Crippen LogP) is 5.98. The molecule has 0 saturated heterocycles. The molecule has 1 heterocycles. The number of fused-ring (bicyclic) bond motifs is 2. The highest BCUT2D eigenvalue weighted by Crippen LogP contribution is 2.40. The largest absolute Gasteiger partial charge is 0.507 e. The van der Waals surface area contributed by atoms with Crippen molar-refractivity contribution in [3.63, 3.8) is 0 Å². The first kappa shape index (κ1) is 21.9. The highest BCUT2D eigenvalue weighted by atomic mass is 35.5. The Morgan fingerprint density at radius 2 is 1.88 bits per heavy atom. The number of likely N-dealkylation sites (N-methyl/N-ethyl adjacent to an activating group) is 1. The number of carbonyl (C=O) groups excluding carboxylic acids is 1. The maximum absolute atomic E-state index is 12.6. The highest BCUT2D eigenvalue weighted by Gasteiger charge is 2.30. The number of aromatic hydroxyl groups is 1. The minimum atomic E-state index is -0.492. The molecule has 1 aliphatic heterocycles. The third-order valence-corrected chi connectivity index (χ3v) is 6.22. The molecule has 164 valence electrons. The molecule has 4 rings (SSSR count). The summed E-state index contributed by atoms with van der Waals surface area (Å²) in [5, 5.41) is 16.6. The maximum Gasteiger partial charge on any atom is 0.275 e. The van der Waals surface area contributed by atoms with E-state index in [1.165, 1.54) is 11.8 Å². The van der Waals surface area contributed by atoms with E-state index in [1.807, 2.05) is 36.4 Å². The molecule has 0 bridgehead atoms. The van der Waals surface area contributed by atoms with Gasteiger partial charge in [0.1, 0.15) is 5.75 Å². The lowest BCUT2D eigenvalue weighted by molar-refractivity contribution is 0.0952. The van der Waals surface area contributed by atoms with E-state index in [0.29, 0.717) is 10.6 Å². The van der Waals surface area contributed by atoms with Crippen molar-refractivity contribution in [2.75, 3.05) is 11.4 Å². The summed E-state index contributed by atoms with van der Waals surface area (Å²) in [4.78, 5) is 14.9. The van der Waals surface area contributed by atoms with Gasteiger partial charge in [0, 0.05) is 23.4 Å². The molecule has 2 N–H and O–H groups in total. The van der Waals surface area contributed by atoms with Crippen LogP contribution in [0.4, 0.5) is 5.69 Å². The van der Waals surface area contributed by atoms with Crippen LogP contribution in [0.2, 0.25) is 5.02 Å². The molecule has 3 aromatic rings. The van der Waals surface area contributed by atoms with Gasteiger partial charge in [-0.1, -0.05) is 41.9 Å². The van der Waals surface area contributed by atoms with E-state index in [4.69, 9.17) is 11.6 Å². The Morgan fingerprint density at radius 3 is 2.56 bits per heavy atom. The highest BCUT2D eigenvalue weighted by molar-refractivity contribution is 6.33. The molecule has 0 fully saturated rings. The fraction of sp³-hybridized carbons (Fsp3) is 0.231. The topological polar surface area (TPSA) is 64.9 Å². The van der Waals surface area contributed by atoms with Crippen LogP contribution in [0.3, 0.4) is 0 Å². The average Bonchev–Trinajstić information content (AvgIpc) is 2.73. The second-order valence-electron chi connectivity index (χ2n) is 8.53. The van der Waals surface area contributed by atoms with Crippen LogP contribution in [0.25, 0.3) is 16.3 Å². The number of halogens is 1. The fourth-order valence-corrected chi connectivity index (χ4v) is 4.63. The lowest BCUT2D eigenvalue weighted by atomic mass is 9.88. The summed E-state index contributed by atoms with van der Waals surface area (Å²) < 4.78 is 0. The van der Waals surface area contributed by atoms with E-state index >= 15 is 0 Å². The van der Waals surface area contributed by atoms with Crippen LogP contribution in [-0.4, -0.2) is 29.3 Å². The van der Waals surface area contributed by atoms with Crippen molar-refractivity contribution in [2.45, 2.75) is 33.2 Å². The Balaban J connectivity index is 1.59. The number of phenolic OH excluding ortho intramolecular Hbond substituents is 1. The van der Waals surface area contributed by atoms with Crippen molar-refractivity contribution in [2.24, 2.45) is 5.10 Å². The van der Waals surface area contributed by atoms with E-state index in [1.54, 1.807) is 12.1 Å². The number of anilines is 1. The zero-order valence-electron chi connectivity index (χ0n) is 18.6. The van der Waals surface area contributed by atoms with Crippen LogP contribution >= 0.6 is 11.6 Å². The van der Waals surface area contributed by atoms with Gasteiger partial charge in [0.25, 0.3) is 5.91 Å². The molecule has 0 saturated carbocycles. The zero-order chi connectivity index (χ0) is 23.0. The minimum Gasteiger partial charge on any atom is -0.507 e. The van der Waals surface area contributed by atoms with Gasteiger partial charge >= 0.3 is 0 Å². The van der Waals surface area contributed by atoms with Gasteiger partial charge < -0.3 is 10.0 Å². The number of carbonyl (C=O) groups is 1. The van der Waals surface area contributed by atoms with Gasteiger partial charge in [0.15, 0.2) is 0 Å². The van der Waals surface area contributed by atoms with Crippen molar-refractivity contribution in [1.29, 1.82) is 0 Å². The van der Waals surface area contributed by atoms with Crippen molar-refractivity contribution >= 4 is 45.8 Å². The number of allylic oxidation sites excluding steroid dienone is 1. The van der Waals surface area contributed by atoms with Crippen molar-refractivity contribution in [1.82, 2.24) is 5.43 Å². The number of nitrogens with one attached hydrogen (secondary N) is 1. The monoisotopic (exact) mass is 447 g/mol. The number of phenols is 1. The first-order valence-corrected chi connectivity index (χ1v) is 10.9. The molecule has 0 aromatic heterocycles. The van der Waals surface area contributed by atoms with E-state index < -0.39 is 5.91 Å². The second-order valence-corrected chi connectivity index (χ2v) is 8.94. The summed E-state index contributed by atoms with van der Waals surface area (Å²) in [6, 6.07) is 14.7. The van der Waals surface area contributed by atoms with E-state index in [9.17, 15) is 9.90 Å². The molecule has 0 radical (unpaired) electrons. The number of hydrazone groups is 1. The maximum atomic E-state index is 12.6. The first-order valence-electron chi connectivity index (χ1n) is 10.6. The SMILES string of the molecule is CCN1c2cc(Cl)c(/C=N\NC(=O)c3cc4ccccc4cc3O)cc2C(C)=CC1(C)C. The Bertz CT molecular complexity index is 1280. The van der Waals surface area contributed by atoms with Gasteiger partial charge in [-0.3, -0.25) is 4.79 Å². The standard InChI is InChI=1S/C26H26ClN3O2/c1-5-30-23-13-22(27)19(11-20(23)16(2)14-26(30,3)4)15-28-29-25(32)21-10-17-8-6-7-9-18(17)12-24(21)31/h6-15,31H,5H2,1-4H3,(H,29,32)/b28-15-. The number of benzene rings is 3. The van der Waals surface area contributed by atoms with Gasteiger partial charge in [-0.2, -0.15) is 5.10 Å². The van der Waals surface area contributed by atoms with Crippen molar-refractivity contribution in [3.05, 3.63) is 76.3 Å². The quantitative estimate of drug-likeness (QED) is 0.381. The van der Waals surface area contributed by atoms with Gasteiger partial charge in [-0.05, 0) is 68.3 Å². The molecule has 1 amide bonds. The van der Waals surface area contributed by atoms with Crippen molar-refractivity contribution < 1.29 is 9.90 Å². The summed E-state index contributed by atoms with van der Waals surface area (Å²) in [7, 11) is 0. The van der Waals surface area contributed by atoms with Crippen LogP contribution in [0.15, 0.2) is 59.7 Å². The molecule has 3 aromatic carbocycles. The van der Waals surface area contributed by atoms with Crippen LogP contribution in [0, 0.1) is 0 Å². The minimum absolute atomic E-state index is 0.0914. The predicted molar refractivity (Wildman–Crippen MR) is 133 cm³/mol. The first-order chi connectivity index (χ1) is 15.2. The third-order valence-electron chi connectivity index (χ3n) is 5.89. The molecular weight excluding hydrogens is 422 g/mol. The summed E-state index contributed by atoms with van der Waals surface area (Å²) in [6.45, 7) is 9.44. The van der Waals surface area contributed by atoms with Gasteiger partial charge in [-0.15, -0.1) is 0 Å². The molecule has 1 aliphatic rings. The fourth-order valence-electron chi connectivity index (χ4n) is 4.42. The molecular formula is C26H26ClN3O2. The summed E-state index contributed by atoms with van der Waals surface area (Å²) in [5.41, 5.74) is 6.62. The normalized spacial score (nSPS) is 15.0. The van der Waals surface area contributed by atoms with Gasteiger partial charge in [0.2, 0.25) is 0 Å². The Kier molecular flexibility index (Phi) is 5.70. The van der Waals surface area contributed by atoms with Crippen LogP contribution in [0.5, 0.6) is 5.75 Å². The lowest BCUT2D eigenvalue weighted by Gasteiger charge is -2.43. The number of rotatable bonds is 4. The number of nitrogens with zero attached hydrogens (tertiary/aromatic N) is 2. The van der Waals surface area contributed by atoms with E-state index in [0.717, 1.165) is 28.6 Å². The third kappa shape index (κ3) is 3.96. The van der Waals surface area contributed by atoms with Crippen LogP contribution in [0.1, 0.15) is 49.2 Å². The molecule has 0 atom stereocenters. The van der Waals surface area contributed by atoms with Crippen molar-refractivity contribution in [3.8, 4) is 5.75 Å². The van der Waals surface area contributed by atoms with Crippen LogP contribution in [-0.2, 0) is 0 Å². The zero-order valence-corrected chi connectivity index (χ0v) is 19.4. The molecule has 0 aliphatic carbocycles. The smallest absolute Gasteiger partial charge is 0.275 e. The van der Waals surface area contributed by atoms with Gasteiger partial charge in [-0.25, -0.2) is 5.43 Å². The molecule has 0 unspecified atom stereocenters. The number of amides is 1. The molecule has 32 heavy (non-hydrogen) atoms. The molecule has 0 spiro atoms. The molecule has 5 nitrogen and oxygen atoms in total. The van der Waals surface area contributed by atoms with Gasteiger partial charge in [0.05, 0.1) is 22.3 Å². The lowest BCUT2D eigenvalue weighted by Crippen LogP contribution is -2.44.